The molecular formula is C24H22Cl3N3O5S. The molecule has 3 rings (SSSR count). The second-order valence-electron chi connectivity index (χ2n) is 8.02. The molecule has 190 valence electrons. The monoisotopic (exact) mass is 569 g/mol. The van der Waals surface area contributed by atoms with Crippen LogP contribution in [0.2, 0.25) is 15.1 Å². The zero-order chi connectivity index (χ0) is 26.6. The summed E-state index contributed by atoms with van der Waals surface area (Å²) >= 11 is 18.0. The Balaban J connectivity index is 1.64. The van der Waals surface area contributed by atoms with Gasteiger partial charge in [-0.3, -0.25) is 9.59 Å². The second kappa shape index (κ2) is 11.5. The third-order valence-electron chi connectivity index (χ3n) is 4.97. The first-order valence-electron chi connectivity index (χ1n) is 10.5. The average molecular weight is 571 g/mol. The molecule has 3 aromatic rings. The maximum absolute atomic E-state index is 12.5. The van der Waals surface area contributed by atoms with Gasteiger partial charge in [-0.05, 0) is 50.2 Å². The van der Waals surface area contributed by atoms with Crippen molar-refractivity contribution in [2.45, 2.75) is 31.2 Å². The quantitative estimate of drug-likeness (QED) is 0.262. The fourth-order valence-electron chi connectivity index (χ4n) is 3.16. The lowest BCUT2D eigenvalue weighted by atomic mass is 10.2. The lowest BCUT2D eigenvalue weighted by Crippen LogP contribution is -2.35. The van der Waals surface area contributed by atoms with E-state index in [1.54, 1.807) is 19.1 Å². The maximum atomic E-state index is 12.5. The molecule has 0 aliphatic heterocycles. The van der Waals surface area contributed by atoms with Crippen LogP contribution >= 0.6 is 34.8 Å². The van der Waals surface area contributed by atoms with Crippen LogP contribution in [-0.4, -0.2) is 31.4 Å². The summed E-state index contributed by atoms with van der Waals surface area (Å²) in [6.45, 7) is 3.39. The first kappa shape index (κ1) is 27.8. The number of rotatable bonds is 8. The fourth-order valence-corrected chi connectivity index (χ4v) is 4.91. The number of carbonyl (C=O) groups excluding carboxylic acids is 2. The predicted octanol–water partition coefficient (Wildman–Crippen LogP) is 5.61. The number of sulfonamides is 1. The number of phenolic OH excluding ortho intramolecular Hbond substituents is 1. The molecule has 3 aromatic carbocycles. The Labute approximate surface area is 223 Å². The molecule has 0 aliphatic rings. The minimum Gasteiger partial charge on any atom is -0.506 e. The number of phenols is 1. The van der Waals surface area contributed by atoms with E-state index < -0.39 is 27.9 Å². The smallest absolute Gasteiger partial charge is 0.255 e. The predicted molar refractivity (Wildman–Crippen MR) is 142 cm³/mol. The van der Waals surface area contributed by atoms with E-state index in [-0.39, 0.29) is 49.1 Å². The summed E-state index contributed by atoms with van der Waals surface area (Å²) in [6.07, 6.45) is -0.196. The summed E-state index contributed by atoms with van der Waals surface area (Å²) in [5.41, 5.74) is 1.22. The van der Waals surface area contributed by atoms with Crippen molar-refractivity contribution in [3.05, 3.63) is 80.8 Å². The molecule has 0 fully saturated rings. The topological polar surface area (TPSA) is 125 Å². The molecule has 36 heavy (non-hydrogen) atoms. The van der Waals surface area contributed by atoms with Gasteiger partial charge in [-0.15, -0.1) is 0 Å². The zero-order valence-electron chi connectivity index (χ0n) is 19.1. The van der Waals surface area contributed by atoms with Crippen LogP contribution in [0.4, 0.5) is 11.4 Å². The molecule has 4 N–H and O–H groups in total. The molecule has 0 spiro atoms. The van der Waals surface area contributed by atoms with E-state index in [9.17, 15) is 23.1 Å². The van der Waals surface area contributed by atoms with Crippen molar-refractivity contribution in [3.63, 3.8) is 0 Å². The largest absolute Gasteiger partial charge is 0.506 e. The molecule has 0 saturated heterocycles. The van der Waals surface area contributed by atoms with Gasteiger partial charge in [0, 0.05) is 24.1 Å². The summed E-state index contributed by atoms with van der Waals surface area (Å²) in [5, 5.41) is 15.9. The number of halogens is 3. The Kier molecular flexibility index (Phi) is 8.86. The molecule has 0 heterocycles. The number of amides is 2. The Morgan fingerprint density at radius 1 is 0.889 bits per heavy atom. The number of hydrogen-bond acceptors (Lipinski definition) is 5. The molecule has 1 unspecified atom stereocenters. The summed E-state index contributed by atoms with van der Waals surface area (Å²) in [5.74, 6) is -1.45. The van der Waals surface area contributed by atoms with Crippen molar-refractivity contribution < 1.29 is 23.1 Å². The van der Waals surface area contributed by atoms with E-state index in [2.05, 4.69) is 15.4 Å². The van der Waals surface area contributed by atoms with E-state index in [1.807, 2.05) is 6.92 Å². The number of aryl methyl sites for hydroxylation is 1. The van der Waals surface area contributed by atoms with Gasteiger partial charge in [0.25, 0.3) is 5.91 Å². The molecule has 0 radical (unpaired) electrons. The Morgan fingerprint density at radius 3 is 2.19 bits per heavy atom. The molecule has 0 bridgehead atoms. The molecule has 1 atom stereocenters. The van der Waals surface area contributed by atoms with Crippen LogP contribution in [0, 0.1) is 6.92 Å². The van der Waals surface area contributed by atoms with Crippen molar-refractivity contribution in [2.75, 3.05) is 10.6 Å². The highest BCUT2D eigenvalue weighted by Crippen LogP contribution is 2.34. The molecular weight excluding hydrogens is 549 g/mol. The van der Waals surface area contributed by atoms with Gasteiger partial charge < -0.3 is 15.7 Å². The third-order valence-corrected chi connectivity index (χ3v) is 7.63. The molecule has 0 aliphatic carbocycles. The van der Waals surface area contributed by atoms with Gasteiger partial charge >= 0.3 is 0 Å². The number of nitrogens with one attached hydrogen (secondary N) is 3. The van der Waals surface area contributed by atoms with Gasteiger partial charge in [0.1, 0.15) is 5.75 Å². The van der Waals surface area contributed by atoms with E-state index in [0.29, 0.717) is 0 Å². The molecule has 0 saturated carbocycles. The number of hydrogen-bond donors (Lipinski definition) is 4. The van der Waals surface area contributed by atoms with Crippen LogP contribution < -0.4 is 15.4 Å². The van der Waals surface area contributed by atoms with Gasteiger partial charge in [0.2, 0.25) is 15.9 Å². The molecule has 0 aromatic heterocycles. The van der Waals surface area contributed by atoms with E-state index in [4.69, 9.17) is 34.8 Å². The summed E-state index contributed by atoms with van der Waals surface area (Å²) < 4.78 is 27.5. The number of benzene rings is 3. The Morgan fingerprint density at radius 2 is 1.56 bits per heavy atom. The van der Waals surface area contributed by atoms with Crippen molar-refractivity contribution in [1.29, 1.82) is 0 Å². The fraction of sp³-hybridized carbons (Fsp3) is 0.167. The summed E-state index contributed by atoms with van der Waals surface area (Å²) in [7, 11) is -3.81. The lowest BCUT2D eigenvalue weighted by Gasteiger charge is -2.16. The zero-order valence-corrected chi connectivity index (χ0v) is 22.2. The van der Waals surface area contributed by atoms with Crippen molar-refractivity contribution >= 4 is 68.0 Å². The lowest BCUT2D eigenvalue weighted by molar-refractivity contribution is -0.116. The van der Waals surface area contributed by atoms with E-state index in [1.165, 1.54) is 42.5 Å². The average Bonchev–Trinajstić information content (AvgIpc) is 2.78. The van der Waals surface area contributed by atoms with Crippen LogP contribution in [-0.2, 0) is 14.8 Å². The number of aromatic hydroxyl groups is 1. The van der Waals surface area contributed by atoms with Crippen molar-refractivity contribution in [3.8, 4) is 5.75 Å². The first-order valence-corrected chi connectivity index (χ1v) is 13.1. The molecule has 12 heteroatoms. The van der Waals surface area contributed by atoms with Crippen LogP contribution in [0.15, 0.2) is 59.5 Å². The highest BCUT2D eigenvalue weighted by Gasteiger charge is 2.20. The Bertz CT molecular complexity index is 1410. The van der Waals surface area contributed by atoms with E-state index in [0.717, 1.165) is 5.56 Å². The standard InChI is InChI=1S/C24H22Cl3N3O5S/c1-13-3-6-16(7-4-13)36(34,35)30-14(2)9-23(32)28-20-12-22(31)21(11-19(20)27)29-24(33)15-5-8-17(25)18(26)10-15/h3-8,10-12,14,30-31H,9H2,1-2H3,(H,28,32)(H,29,33). The SMILES string of the molecule is Cc1ccc(S(=O)(=O)NC(C)CC(=O)Nc2cc(O)c(NC(=O)c3ccc(Cl)c(Cl)c3)cc2Cl)cc1. The van der Waals surface area contributed by atoms with Crippen LogP contribution in [0.1, 0.15) is 29.3 Å². The third kappa shape index (κ3) is 7.11. The van der Waals surface area contributed by atoms with Gasteiger partial charge in [0.05, 0.1) is 31.3 Å². The first-order chi connectivity index (χ1) is 16.9. The van der Waals surface area contributed by atoms with Gasteiger partial charge in [0.15, 0.2) is 0 Å². The number of anilines is 2. The minimum atomic E-state index is -3.81. The van der Waals surface area contributed by atoms with Gasteiger partial charge in [-0.2, -0.15) is 0 Å². The van der Waals surface area contributed by atoms with E-state index >= 15 is 0 Å². The second-order valence-corrected chi connectivity index (χ2v) is 11.0. The molecule has 8 nitrogen and oxygen atoms in total. The van der Waals surface area contributed by atoms with Crippen LogP contribution in [0.3, 0.4) is 0 Å². The van der Waals surface area contributed by atoms with Crippen LogP contribution in [0.5, 0.6) is 5.75 Å². The van der Waals surface area contributed by atoms with Crippen LogP contribution in [0.25, 0.3) is 0 Å². The summed E-state index contributed by atoms with van der Waals surface area (Å²) in [4.78, 5) is 25.0. The minimum absolute atomic E-state index is 0.00768. The normalized spacial score (nSPS) is 12.1. The van der Waals surface area contributed by atoms with Crippen molar-refractivity contribution in [1.82, 2.24) is 4.72 Å². The Hall–Kier alpha value is -2.82. The highest BCUT2D eigenvalue weighted by atomic mass is 35.5. The highest BCUT2D eigenvalue weighted by molar-refractivity contribution is 7.89. The maximum Gasteiger partial charge on any atom is 0.255 e. The molecule has 2 amide bonds. The number of carbonyl (C=O) groups is 2. The van der Waals surface area contributed by atoms with Gasteiger partial charge in [-0.25, -0.2) is 13.1 Å². The summed E-state index contributed by atoms with van der Waals surface area (Å²) in [6, 6.07) is 12.3. The van der Waals surface area contributed by atoms with Crippen molar-refractivity contribution in [2.24, 2.45) is 0 Å². The van der Waals surface area contributed by atoms with Gasteiger partial charge in [-0.1, -0.05) is 52.5 Å².